The van der Waals surface area contributed by atoms with Gasteiger partial charge in [0, 0.05) is 10.9 Å². The van der Waals surface area contributed by atoms with Crippen molar-refractivity contribution >= 4 is 22.9 Å². The van der Waals surface area contributed by atoms with E-state index in [1.165, 1.54) is 49.0 Å². The van der Waals surface area contributed by atoms with E-state index in [9.17, 15) is 0 Å². The standard InChI is InChI=1S/C14H22ClNS/c1-10-9-17-14(13(10)15)12(16-2)8-11-6-4-3-5-7-11/h9,11-12,16H,3-8H2,1-2H3. The molecular weight excluding hydrogens is 250 g/mol. The quantitative estimate of drug-likeness (QED) is 0.818. The van der Waals surface area contributed by atoms with E-state index in [-0.39, 0.29) is 0 Å². The molecule has 0 bridgehead atoms. The first-order valence-corrected chi connectivity index (χ1v) is 7.89. The lowest BCUT2D eigenvalue weighted by Gasteiger charge is -2.26. The molecule has 0 saturated heterocycles. The zero-order chi connectivity index (χ0) is 12.3. The molecule has 0 radical (unpaired) electrons. The second-order valence-corrected chi connectivity index (χ2v) is 6.47. The Morgan fingerprint density at radius 2 is 2.12 bits per heavy atom. The summed E-state index contributed by atoms with van der Waals surface area (Å²) in [5.41, 5.74) is 1.22. The van der Waals surface area contributed by atoms with Crippen LogP contribution < -0.4 is 5.32 Å². The molecule has 17 heavy (non-hydrogen) atoms. The van der Waals surface area contributed by atoms with E-state index in [2.05, 4.69) is 24.7 Å². The smallest absolute Gasteiger partial charge is 0.0590 e. The first kappa shape index (κ1) is 13.4. The molecule has 1 heterocycles. The third-order valence-electron chi connectivity index (χ3n) is 3.88. The number of hydrogen-bond donors (Lipinski definition) is 1. The summed E-state index contributed by atoms with van der Waals surface area (Å²) in [4.78, 5) is 1.33. The van der Waals surface area contributed by atoms with E-state index in [0.717, 1.165) is 10.9 Å². The molecule has 3 heteroatoms. The van der Waals surface area contributed by atoms with E-state index < -0.39 is 0 Å². The predicted molar refractivity (Wildman–Crippen MR) is 77.1 cm³/mol. The molecule has 0 amide bonds. The lowest BCUT2D eigenvalue weighted by Crippen LogP contribution is -2.20. The largest absolute Gasteiger partial charge is 0.312 e. The van der Waals surface area contributed by atoms with Crippen molar-refractivity contribution in [2.45, 2.75) is 51.5 Å². The van der Waals surface area contributed by atoms with Gasteiger partial charge in [-0.05, 0) is 37.3 Å². The minimum Gasteiger partial charge on any atom is -0.312 e. The van der Waals surface area contributed by atoms with E-state index in [1.54, 1.807) is 11.3 Å². The van der Waals surface area contributed by atoms with Gasteiger partial charge in [-0.25, -0.2) is 0 Å². The van der Waals surface area contributed by atoms with Crippen molar-refractivity contribution in [3.63, 3.8) is 0 Å². The fourth-order valence-electron chi connectivity index (χ4n) is 2.80. The lowest BCUT2D eigenvalue weighted by molar-refractivity contribution is 0.307. The van der Waals surface area contributed by atoms with Crippen LogP contribution in [0.4, 0.5) is 0 Å². The van der Waals surface area contributed by atoms with Crippen LogP contribution in [0.2, 0.25) is 5.02 Å². The summed E-state index contributed by atoms with van der Waals surface area (Å²) < 4.78 is 0. The molecule has 2 rings (SSSR count). The third kappa shape index (κ3) is 3.24. The summed E-state index contributed by atoms with van der Waals surface area (Å²) in [6.45, 7) is 2.09. The fraction of sp³-hybridized carbons (Fsp3) is 0.714. The van der Waals surface area contributed by atoms with Gasteiger partial charge < -0.3 is 5.32 Å². The van der Waals surface area contributed by atoms with Crippen LogP contribution in [0.3, 0.4) is 0 Å². The summed E-state index contributed by atoms with van der Waals surface area (Å²) in [6.07, 6.45) is 8.31. The Morgan fingerprint density at radius 1 is 1.41 bits per heavy atom. The van der Waals surface area contributed by atoms with Crippen molar-refractivity contribution < 1.29 is 0 Å². The van der Waals surface area contributed by atoms with Gasteiger partial charge in [-0.1, -0.05) is 43.7 Å². The molecule has 1 aliphatic carbocycles. The van der Waals surface area contributed by atoms with Gasteiger partial charge in [0.2, 0.25) is 0 Å². The minimum absolute atomic E-state index is 0.448. The molecule has 1 atom stereocenters. The summed E-state index contributed by atoms with van der Waals surface area (Å²) in [5.74, 6) is 0.889. The minimum atomic E-state index is 0.448. The number of hydrogen-bond acceptors (Lipinski definition) is 2. The van der Waals surface area contributed by atoms with E-state index in [4.69, 9.17) is 11.6 Å². The van der Waals surface area contributed by atoms with Gasteiger partial charge in [0.15, 0.2) is 0 Å². The monoisotopic (exact) mass is 271 g/mol. The van der Waals surface area contributed by atoms with E-state index in [0.29, 0.717) is 6.04 Å². The maximum Gasteiger partial charge on any atom is 0.0590 e. The van der Waals surface area contributed by atoms with Crippen LogP contribution in [0.5, 0.6) is 0 Å². The zero-order valence-corrected chi connectivity index (χ0v) is 12.3. The van der Waals surface area contributed by atoms with Crippen LogP contribution in [0.25, 0.3) is 0 Å². The van der Waals surface area contributed by atoms with Crippen LogP contribution in [-0.2, 0) is 0 Å². The Morgan fingerprint density at radius 3 is 2.65 bits per heavy atom. The second kappa shape index (κ2) is 6.21. The van der Waals surface area contributed by atoms with E-state index in [1.807, 2.05) is 0 Å². The van der Waals surface area contributed by atoms with Crippen molar-refractivity contribution in [2.24, 2.45) is 5.92 Å². The van der Waals surface area contributed by atoms with Crippen LogP contribution in [-0.4, -0.2) is 7.05 Å². The first-order valence-electron chi connectivity index (χ1n) is 6.63. The van der Waals surface area contributed by atoms with Crippen LogP contribution in [0.1, 0.15) is 55.0 Å². The topological polar surface area (TPSA) is 12.0 Å². The maximum atomic E-state index is 6.37. The summed E-state index contributed by atoms with van der Waals surface area (Å²) in [5, 5.41) is 6.59. The van der Waals surface area contributed by atoms with Gasteiger partial charge in [0.1, 0.15) is 0 Å². The second-order valence-electron chi connectivity index (χ2n) is 5.18. The lowest BCUT2D eigenvalue weighted by atomic mass is 9.84. The van der Waals surface area contributed by atoms with Gasteiger partial charge in [-0.2, -0.15) is 0 Å². The molecule has 1 fully saturated rings. The number of nitrogens with one attached hydrogen (secondary N) is 1. The Bertz CT molecular complexity index is 355. The van der Waals surface area contributed by atoms with Gasteiger partial charge in [0.05, 0.1) is 5.02 Å². The van der Waals surface area contributed by atoms with Gasteiger partial charge in [-0.3, -0.25) is 0 Å². The van der Waals surface area contributed by atoms with Crippen molar-refractivity contribution in [1.29, 1.82) is 0 Å². The number of rotatable bonds is 4. The number of halogens is 1. The Balaban J connectivity index is 2.03. The molecule has 0 aliphatic heterocycles. The molecule has 1 unspecified atom stereocenters. The first-order chi connectivity index (χ1) is 8.22. The molecule has 1 saturated carbocycles. The molecule has 1 aromatic heterocycles. The average Bonchev–Trinajstić information content (AvgIpc) is 2.69. The van der Waals surface area contributed by atoms with Crippen molar-refractivity contribution in [3.8, 4) is 0 Å². The summed E-state index contributed by atoms with van der Waals surface area (Å²) in [7, 11) is 2.05. The normalized spacial score (nSPS) is 19.5. The third-order valence-corrected chi connectivity index (χ3v) is 5.71. The maximum absolute atomic E-state index is 6.37. The number of thiophene rings is 1. The SMILES string of the molecule is CNC(CC1CCCCC1)c1scc(C)c1Cl. The predicted octanol–water partition coefficient (Wildman–Crippen LogP) is 4.94. The van der Waals surface area contributed by atoms with Crippen molar-refractivity contribution in [1.82, 2.24) is 5.32 Å². The Labute approximate surface area is 114 Å². The summed E-state index contributed by atoms with van der Waals surface area (Å²) in [6, 6.07) is 0.448. The molecule has 0 aromatic carbocycles. The Hall–Kier alpha value is -0.0500. The molecule has 1 N–H and O–H groups in total. The van der Waals surface area contributed by atoms with E-state index >= 15 is 0 Å². The van der Waals surface area contributed by atoms with Gasteiger partial charge >= 0.3 is 0 Å². The zero-order valence-electron chi connectivity index (χ0n) is 10.8. The molecule has 96 valence electrons. The highest BCUT2D eigenvalue weighted by Crippen LogP contribution is 2.38. The van der Waals surface area contributed by atoms with Crippen LogP contribution in [0.15, 0.2) is 5.38 Å². The number of aryl methyl sites for hydroxylation is 1. The molecular formula is C14H22ClNS. The fourth-order valence-corrected chi connectivity index (χ4v) is 4.25. The van der Waals surface area contributed by atoms with Crippen molar-refractivity contribution in [3.05, 3.63) is 20.8 Å². The molecule has 1 aliphatic rings. The van der Waals surface area contributed by atoms with Gasteiger partial charge in [0.25, 0.3) is 0 Å². The highest BCUT2D eigenvalue weighted by atomic mass is 35.5. The van der Waals surface area contributed by atoms with Crippen LogP contribution >= 0.6 is 22.9 Å². The average molecular weight is 272 g/mol. The molecule has 0 spiro atoms. The molecule has 1 aromatic rings. The van der Waals surface area contributed by atoms with Gasteiger partial charge in [-0.15, -0.1) is 11.3 Å². The van der Waals surface area contributed by atoms with Crippen molar-refractivity contribution in [2.75, 3.05) is 7.05 Å². The highest BCUT2D eigenvalue weighted by Gasteiger charge is 2.22. The Kier molecular flexibility index (Phi) is 4.89. The summed E-state index contributed by atoms with van der Waals surface area (Å²) >= 11 is 8.17. The van der Waals surface area contributed by atoms with Crippen LogP contribution in [0, 0.1) is 12.8 Å². The molecule has 1 nitrogen and oxygen atoms in total. The highest BCUT2D eigenvalue weighted by molar-refractivity contribution is 7.10.